The first-order valence-corrected chi connectivity index (χ1v) is 2.19. The summed E-state index contributed by atoms with van der Waals surface area (Å²) in [6.45, 7) is 0. The lowest BCUT2D eigenvalue weighted by Gasteiger charge is -2.02. The van der Waals surface area contributed by atoms with Crippen molar-refractivity contribution in [1.29, 1.82) is 0 Å². The summed E-state index contributed by atoms with van der Waals surface area (Å²) in [4.78, 5) is 24.0. The van der Waals surface area contributed by atoms with Crippen molar-refractivity contribution >= 4 is 12.3 Å². The molecule has 0 aliphatic rings. The van der Waals surface area contributed by atoms with E-state index in [1.54, 1.807) is 0 Å². The third-order valence-corrected chi connectivity index (χ3v) is 0.647. The van der Waals surface area contributed by atoms with Gasteiger partial charge in [-0.05, 0) is 0 Å². The Morgan fingerprint density at radius 2 is 2.44 bits per heavy atom. The Balaban J connectivity index is 3.68. The van der Waals surface area contributed by atoms with Crippen molar-refractivity contribution in [2.75, 3.05) is 7.11 Å². The second kappa shape index (κ2) is 3.99. The molecule has 0 aromatic carbocycles. The summed E-state index contributed by atoms with van der Waals surface area (Å²) < 4.78 is 0. The molecule has 0 aromatic heterocycles. The van der Waals surface area contributed by atoms with Crippen LogP contribution < -0.4 is 5.48 Å². The highest BCUT2D eigenvalue weighted by Crippen LogP contribution is 1.75. The van der Waals surface area contributed by atoms with Crippen LogP contribution in [0.15, 0.2) is 0 Å². The Labute approximate surface area is 51.6 Å². The van der Waals surface area contributed by atoms with Gasteiger partial charge in [0.05, 0.1) is 7.11 Å². The molecule has 0 aliphatic heterocycles. The molecule has 5 heteroatoms. The van der Waals surface area contributed by atoms with Crippen molar-refractivity contribution in [2.24, 2.45) is 0 Å². The fraction of sp³-hybridized carbons (Fsp3) is 0.500. The highest BCUT2D eigenvalue weighted by molar-refractivity contribution is 5.90. The van der Waals surface area contributed by atoms with E-state index in [0.717, 1.165) is 0 Å². The molecule has 0 radical (unpaired) electrons. The van der Waals surface area contributed by atoms with Gasteiger partial charge in [0, 0.05) is 0 Å². The summed E-state index contributed by atoms with van der Waals surface area (Å²) in [5.41, 5.74) is 1.96. The number of carboxylic acid groups (broad SMARTS) is 1. The monoisotopic (exact) mass is 133 g/mol. The summed E-state index contributed by atoms with van der Waals surface area (Å²) in [7, 11) is 1.24. The molecule has 1 atom stereocenters. The third kappa shape index (κ3) is 2.78. The van der Waals surface area contributed by atoms with Crippen LogP contribution in [0.2, 0.25) is 0 Å². The van der Waals surface area contributed by atoms with Gasteiger partial charge in [-0.1, -0.05) is 0 Å². The molecular formula is C4H7NO4. The molecule has 0 bridgehead atoms. The number of aldehydes is 1. The highest BCUT2D eigenvalue weighted by atomic mass is 16.6. The van der Waals surface area contributed by atoms with Gasteiger partial charge in [-0.2, -0.15) is 5.48 Å². The Kier molecular flexibility index (Phi) is 3.57. The molecule has 0 heterocycles. The summed E-state index contributed by atoms with van der Waals surface area (Å²) in [6, 6.07) is -1.27. The number of nitrogens with one attached hydrogen (secondary N) is 1. The summed E-state index contributed by atoms with van der Waals surface area (Å²) in [5.74, 6) is -1.26. The number of carbonyl (C=O) groups excluding carboxylic acids is 1. The molecule has 9 heavy (non-hydrogen) atoms. The highest BCUT2D eigenvalue weighted by Gasteiger charge is 2.13. The summed E-state index contributed by atoms with van der Waals surface area (Å²) in [6.07, 6.45) is 0.242. The predicted octanol–water partition coefficient (Wildman–Crippen LogP) is -1.21. The number of hydrogen-bond donors (Lipinski definition) is 2. The van der Waals surface area contributed by atoms with Crippen LogP contribution in [-0.2, 0) is 14.4 Å². The SMILES string of the molecule is CONC(C=O)C(=O)O. The molecule has 5 nitrogen and oxygen atoms in total. The number of aliphatic carboxylic acids is 1. The van der Waals surface area contributed by atoms with Gasteiger partial charge >= 0.3 is 5.97 Å². The van der Waals surface area contributed by atoms with E-state index in [2.05, 4.69) is 4.84 Å². The fourth-order valence-corrected chi connectivity index (χ4v) is 0.263. The lowest BCUT2D eigenvalue weighted by molar-refractivity contribution is -0.145. The predicted molar refractivity (Wildman–Crippen MR) is 27.6 cm³/mol. The minimum absolute atomic E-state index is 0.242. The van der Waals surface area contributed by atoms with Crippen molar-refractivity contribution in [1.82, 2.24) is 5.48 Å². The van der Waals surface area contributed by atoms with Crippen molar-refractivity contribution in [3.8, 4) is 0 Å². The van der Waals surface area contributed by atoms with Crippen LogP contribution in [-0.4, -0.2) is 30.5 Å². The average Bonchev–Trinajstić information content (AvgIpc) is 1.82. The van der Waals surface area contributed by atoms with Gasteiger partial charge in [-0.25, -0.2) is 4.79 Å². The largest absolute Gasteiger partial charge is 0.480 e. The maximum Gasteiger partial charge on any atom is 0.330 e. The first-order valence-electron chi connectivity index (χ1n) is 2.19. The van der Waals surface area contributed by atoms with E-state index >= 15 is 0 Å². The van der Waals surface area contributed by atoms with Crippen molar-refractivity contribution in [3.63, 3.8) is 0 Å². The Hall–Kier alpha value is -0.940. The van der Waals surface area contributed by atoms with Gasteiger partial charge in [0.15, 0.2) is 12.3 Å². The fourth-order valence-electron chi connectivity index (χ4n) is 0.263. The van der Waals surface area contributed by atoms with Crippen LogP contribution in [0.4, 0.5) is 0 Å². The zero-order valence-corrected chi connectivity index (χ0v) is 4.83. The normalized spacial score (nSPS) is 12.6. The van der Waals surface area contributed by atoms with E-state index < -0.39 is 12.0 Å². The van der Waals surface area contributed by atoms with Crippen LogP contribution >= 0.6 is 0 Å². The van der Waals surface area contributed by atoms with E-state index in [1.807, 2.05) is 5.48 Å². The van der Waals surface area contributed by atoms with Gasteiger partial charge in [0.1, 0.15) is 0 Å². The lowest BCUT2D eigenvalue weighted by atomic mass is 10.4. The van der Waals surface area contributed by atoms with Gasteiger partial charge in [-0.3, -0.25) is 0 Å². The van der Waals surface area contributed by atoms with E-state index in [-0.39, 0.29) is 6.29 Å². The van der Waals surface area contributed by atoms with E-state index in [4.69, 9.17) is 5.11 Å². The minimum Gasteiger partial charge on any atom is -0.480 e. The van der Waals surface area contributed by atoms with Crippen LogP contribution in [0, 0.1) is 0 Å². The van der Waals surface area contributed by atoms with E-state index in [0.29, 0.717) is 0 Å². The second-order valence-electron chi connectivity index (χ2n) is 1.27. The Morgan fingerprint density at radius 1 is 1.89 bits per heavy atom. The minimum atomic E-state index is -1.27. The second-order valence-corrected chi connectivity index (χ2v) is 1.27. The van der Waals surface area contributed by atoms with Crippen molar-refractivity contribution < 1.29 is 19.5 Å². The number of rotatable bonds is 4. The van der Waals surface area contributed by atoms with Crippen molar-refractivity contribution in [3.05, 3.63) is 0 Å². The molecule has 0 fully saturated rings. The Morgan fingerprint density at radius 3 is 2.56 bits per heavy atom. The van der Waals surface area contributed by atoms with E-state index in [9.17, 15) is 9.59 Å². The number of hydroxylamine groups is 1. The molecular weight excluding hydrogens is 126 g/mol. The topological polar surface area (TPSA) is 75.6 Å². The number of carboxylic acids is 1. The third-order valence-electron chi connectivity index (χ3n) is 0.647. The maximum atomic E-state index is 9.95. The van der Waals surface area contributed by atoms with Gasteiger partial charge in [-0.15, -0.1) is 0 Å². The average molecular weight is 133 g/mol. The standard InChI is InChI=1S/C4H7NO4/c1-9-5-3(2-6)4(7)8/h2-3,5H,1H3,(H,7,8). The number of carbonyl (C=O) groups is 2. The molecule has 0 saturated carbocycles. The molecule has 1 unspecified atom stereocenters. The molecule has 0 amide bonds. The van der Waals surface area contributed by atoms with Gasteiger partial charge in [0.2, 0.25) is 0 Å². The summed E-state index contributed by atoms with van der Waals surface area (Å²) >= 11 is 0. The smallest absolute Gasteiger partial charge is 0.330 e. The molecule has 0 spiro atoms. The zero-order valence-electron chi connectivity index (χ0n) is 4.83. The lowest BCUT2D eigenvalue weighted by Crippen LogP contribution is -2.37. The van der Waals surface area contributed by atoms with Crippen LogP contribution in [0.25, 0.3) is 0 Å². The Bertz CT molecular complexity index is 113. The van der Waals surface area contributed by atoms with Crippen molar-refractivity contribution in [2.45, 2.75) is 6.04 Å². The van der Waals surface area contributed by atoms with Gasteiger partial charge in [0.25, 0.3) is 0 Å². The zero-order chi connectivity index (χ0) is 7.28. The molecule has 0 saturated heterocycles. The molecule has 0 rings (SSSR count). The van der Waals surface area contributed by atoms with Crippen LogP contribution in [0.3, 0.4) is 0 Å². The maximum absolute atomic E-state index is 9.95. The molecule has 0 aromatic rings. The molecule has 0 aliphatic carbocycles. The van der Waals surface area contributed by atoms with Gasteiger partial charge < -0.3 is 14.7 Å². The number of hydrogen-bond acceptors (Lipinski definition) is 4. The summed E-state index contributed by atoms with van der Waals surface area (Å²) in [5, 5.41) is 8.13. The van der Waals surface area contributed by atoms with Crippen LogP contribution in [0.1, 0.15) is 0 Å². The first-order chi connectivity index (χ1) is 4.22. The van der Waals surface area contributed by atoms with E-state index in [1.165, 1.54) is 7.11 Å². The molecule has 52 valence electrons. The quantitative estimate of drug-likeness (QED) is 0.286. The molecule has 2 N–H and O–H groups in total. The first kappa shape index (κ1) is 8.06. The van der Waals surface area contributed by atoms with Crippen LogP contribution in [0.5, 0.6) is 0 Å².